The third kappa shape index (κ3) is 2.14. The maximum atomic E-state index is 11.6. The molecule has 5 nitrogen and oxygen atoms in total. The van der Waals surface area contributed by atoms with E-state index in [4.69, 9.17) is 22.7 Å². The van der Waals surface area contributed by atoms with Crippen LogP contribution >= 0.6 is 28.1 Å². The molecule has 2 rings (SSSR count). The molecule has 0 aromatic carbocycles. The van der Waals surface area contributed by atoms with Gasteiger partial charge in [0.2, 0.25) is 0 Å². The number of pyridine rings is 1. The van der Waals surface area contributed by atoms with Crippen LogP contribution < -0.4 is 15.4 Å². The zero-order chi connectivity index (χ0) is 11.7. The molecular weight excluding hydrogens is 294 g/mol. The lowest BCUT2D eigenvalue weighted by molar-refractivity contribution is -0.121. The summed E-state index contributed by atoms with van der Waals surface area (Å²) >= 11 is 8.03. The molecule has 0 saturated carbocycles. The van der Waals surface area contributed by atoms with E-state index in [1.165, 1.54) is 4.90 Å². The van der Waals surface area contributed by atoms with Crippen molar-refractivity contribution >= 4 is 44.9 Å². The number of rotatable bonds is 2. The molecule has 16 heavy (non-hydrogen) atoms. The zero-order valence-corrected chi connectivity index (χ0v) is 10.5. The maximum Gasteiger partial charge on any atom is 0.266 e. The molecule has 84 valence electrons. The fourth-order valence-electron chi connectivity index (χ4n) is 1.37. The first-order valence-electron chi connectivity index (χ1n) is 4.46. The molecule has 0 atom stereocenters. The molecule has 1 aliphatic heterocycles. The van der Waals surface area contributed by atoms with Gasteiger partial charge in [0.05, 0.1) is 11.5 Å². The summed E-state index contributed by atoms with van der Waals surface area (Å²) in [5.41, 5.74) is 5.44. The predicted molar refractivity (Wildman–Crippen MR) is 66.6 cm³/mol. The zero-order valence-electron chi connectivity index (χ0n) is 8.14. The number of halogens is 1. The molecule has 1 aliphatic rings. The molecule has 0 fully saturated rings. The molecule has 1 aromatic rings. The second-order valence-electron chi connectivity index (χ2n) is 3.19. The van der Waals surface area contributed by atoms with E-state index in [9.17, 15) is 4.79 Å². The summed E-state index contributed by atoms with van der Waals surface area (Å²) < 4.78 is 5.87. The largest absolute Gasteiger partial charge is 0.480 e. The molecule has 2 heterocycles. The van der Waals surface area contributed by atoms with Gasteiger partial charge in [-0.3, -0.25) is 9.69 Å². The van der Waals surface area contributed by atoms with Crippen LogP contribution in [0.25, 0.3) is 0 Å². The number of thiocarbonyl (C=S) groups is 1. The van der Waals surface area contributed by atoms with Crippen LogP contribution in [0.5, 0.6) is 5.75 Å². The van der Waals surface area contributed by atoms with Crippen molar-refractivity contribution < 1.29 is 9.53 Å². The van der Waals surface area contributed by atoms with Crippen molar-refractivity contribution in [2.75, 3.05) is 18.1 Å². The third-order valence-electron chi connectivity index (χ3n) is 2.03. The van der Waals surface area contributed by atoms with Gasteiger partial charge in [0.1, 0.15) is 4.60 Å². The Morgan fingerprint density at radius 3 is 3.12 bits per heavy atom. The number of hydrogen-bond acceptors (Lipinski definition) is 4. The minimum Gasteiger partial charge on any atom is -0.480 e. The van der Waals surface area contributed by atoms with E-state index >= 15 is 0 Å². The molecule has 2 N–H and O–H groups in total. The van der Waals surface area contributed by atoms with Crippen LogP contribution in [0.3, 0.4) is 0 Å². The number of nitrogens with two attached hydrogens (primary N) is 1. The molecule has 0 saturated heterocycles. The van der Waals surface area contributed by atoms with Crippen LogP contribution in [-0.4, -0.2) is 29.0 Å². The van der Waals surface area contributed by atoms with Gasteiger partial charge >= 0.3 is 0 Å². The van der Waals surface area contributed by atoms with E-state index in [2.05, 4.69) is 20.9 Å². The van der Waals surface area contributed by atoms with Gasteiger partial charge in [-0.1, -0.05) is 12.2 Å². The van der Waals surface area contributed by atoms with Gasteiger partial charge in [-0.15, -0.1) is 0 Å². The summed E-state index contributed by atoms with van der Waals surface area (Å²) in [6.07, 6.45) is 0. The van der Waals surface area contributed by atoms with Crippen LogP contribution in [0.1, 0.15) is 0 Å². The SMILES string of the molecule is NC(=S)CN1C(=O)COc2ccc(Br)nc21. The standard InChI is InChI=1S/C9H8BrN3O2S/c10-6-2-1-5-9(12-6)13(3-7(11)16)8(14)4-15-5/h1-2H,3-4H2,(H2,11,16). The van der Waals surface area contributed by atoms with Crippen LogP contribution in [0, 0.1) is 0 Å². The number of amides is 1. The molecule has 0 bridgehead atoms. The molecule has 1 aromatic heterocycles. The minimum absolute atomic E-state index is 0.0150. The maximum absolute atomic E-state index is 11.6. The molecule has 7 heteroatoms. The Morgan fingerprint density at radius 2 is 2.44 bits per heavy atom. The predicted octanol–water partition coefficient (Wildman–Crippen LogP) is 0.856. The number of carbonyl (C=O) groups is 1. The number of fused-ring (bicyclic) bond motifs is 1. The summed E-state index contributed by atoms with van der Waals surface area (Å²) in [6.45, 7) is 0.160. The van der Waals surface area contributed by atoms with Crippen molar-refractivity contribution in [2.24, 2.45) is 5.73 Å². The molecule has 0 spiro atoms. The van der Waals surface area contributed by atoms with Crippen LogP contribution in [0.15, 0.2) is 16.7 Å². The Hall–Kier alpha value is -1.21. The number of hydrogen-bond donors (Lipinski definition) is 1. The third-order valence-corrected chi connectivity index (χ3v) is 2.60. The van der Waals surface area contributed by atoms with Crippen molar-refractivity contribution in [3.05, 3.63) is 16.7 Å². The molecule has 1 amide bonds. The summed E-state index contributed by atoms with van der Waals surface area (Å²) in [5.74, 6) is 0.795. The van der Waals surface area contributed by atoms with Crippen LogP contribution in [0.2, 0.25) is 0 Å². The molecular formula is C9H8BrN3O2S. The van der Waals surface area contributed by atoms with E-state index in [0.29, 0.717) is 16.2 Å². The average Bonchev–Trinajstić information content (AvgIpc) is 2.22. The van der Waals surface area contributed by atoms with Crippen LogP contribution in [0.4, 0.5) is 5.82 Å². The Balaban J connectivity index is 2.42. The lowest BCUT2D eigenvalue weighted by Crippen LogP contribution is -2.43. The van der Waals surface area contributed by atoms with E-state index in [1.54, 1.807) is 12.1 Å². The van der Waals surface area contributed by atoms with Crippen molar-refractivity contribution in [2.45, 2.75) is 0 Å². The monoisotopic (exact) mass is 301 g/mol. The second-order valence-corrected chi connectivity index (χ2v) is 4.53. The summed E-state index contributed by atoms with van der Waals surface area (Å²) in [5, 5.41) is 0. The van der Waals surface area contributed by atoms with E-state index < -0.39 is 0 Å². The van der Waals surface area contributed by atoms with Crippen molar-refractivity contribution in [3.8, 4) is 5.75 Å². The first kappa shape index (κ1) is 11.3. The van der Waals surface area contributed by atoms with Gasteiger partial charge in [0, 0.05) is 0 Å². The topological polar surface area (TPSA) is 68.5 Å². The van der Waals surface area contributed by atoms with Gasteiger partial charge in [-0.2, -0.15) is 0 Å². The summed E-state index contributed by atoms with van der Waals surface area (Å²) in [4.78, 5) is 17.5. The van der Waals surface area contributed by atoms with E-state index in [-0.39, 0.29) is 24.0 Å². The highest BCUT2D eigenvalue weighted by atomic mass is 79.9. The van der Waals surface area contributed by atoms with Crippen molar-refractivity contribution in [1.29, 1.82) is 0 Å². The molecule has 0 aliphatic carbocycles. The highest BCUT2D eigenvalue weighted by molar-refractivity contribution is 9.10. The number of nitrogens with zero attached hydrogens (tertiary/aromatic N) is 2. The van der Waals surface area contributed by atoms with Crippen molar-refractivity contribution in [1.82, 2.24) is 4.98 Å². The number of ether oxygens (including phenoxy) is 1. The second kappa shape index (κ2) is 4.34. The smallest absolute Gasteiger partial charge is 0.266 e. The summed E-state index contributed by atoms with van der Waals surface area (Å²) in [6, 6.07) is 3.49. The number of anilines is 1. The average molecular weight is 302 g/mol. The minimum atomic E-state index is -0.203. The van der Waals surface area contributed by atoms with Crippen molar-refractivity contribution in [3.63, 3.8) is 0 Å². The Labute approximate surface area is 106 Å². The van der Waals surface area contributed by atoms with Gasteiger partial charge in [-0.05, 0) is 28.1 Å². The first-order chi connectivity index (χ1) is 7.58. The fourth-order valence-corrected chi connectivity index (χ4v) is 1.80. The number of aromatic nitrogens is 1. The van der Waals surface area contributed by atoms with Gasteiger partial charge in [0.15, 0.2) is 18.2 Å². The Morgan fingerprint density at radius 1 is 1.69 bits per heavy atom. The molecule has 0 radical (unpaired) electrons. The lowest BCUT2D eigenvalue weighted by atomic mass is 10.3. The summed E-state index contributed by atoms with van der Waals surface area (Å²) in [7, 11) is 0. The highest BCUT2D eigenvalue weighted by Gasteiger charge is 2.27. The molecule has 0 unspecified atom stereocenters. The van der Waals surface area contributed by atoms with E-state index in [0.717, 1.165) is 0 Å². The van der Waals surface area contributed by atoms with Gasteiger partial charge < -0.3 is 10.5 Å². The Bertz CT molecular complexity index is 466. The van der Waals surface area contributed by atoms with Gasteiger partial charge in [-0.25, -0.2) is 4.98 Å². The Kier molecular flexibility index (Phi) is 3.06. The van der Waals surface area contributed by atoms with Crippen LogP contribution in [-0.2, 0) is 4.79 Å². The fraction of sp³-hybridized carbons (Fsp3) is 0.222. The van der Waals surface area contributed by atoms with E-state index in [1.807, 2.05) is 0 Å². The van der Waals surface area contributed by atoms with Gasteiger partial charge in [0.25, 0.3) is 5.91 Å². The normalized spacial score (nSPS) is 14.3. The quantitative estimate of drug-likeness (QED) is 0.648. The lowest BCUT2D eigenvalue weighted by Gasteiger charge is -2.27. The first-order valence-corrected chi connectivity index (χ1v) is 5.66. The number of carbonyl (C=O) groups excluding carboxylic acids is 1. The highest BCUT2D eigenvalue weighted by Crippen LogP contribution is 2.31.